The molecule has 9 aromatic rings. The largest absolute Gasteiger partial charge is 0.300 e. The summed E-state index contributed by atoms with van der Waals surface area (Å²) in [4.78, 5) is 15.5. The van der Waals surface area contributed by atoms with Crippen molar-refractivity contribution in [2.75, 3.05) is 0 Å². The lowest BCUT2D eigenvalue weighted by Gasteiger charge is -2.14. The van der Waals surface area contributed by atoms with Gasteiger partial charge in [-0.3, -0.25) is 0 Å². The molecule has 0 saturated carbocycles. The smallest absolute Gasteiger partial charge is 0.164 e. The summed E-state index contributed by atoms with van der Waals surface area (Å²) in [5.74, 6) is 1.78. The summed E-state index contributed by atoms with van der Waals surface area (Å²) in [6, 6.07) is 70.4. The lowest BCUT2D eigenvalue weighted by atomic mass is 9.90. The Morgan fingerprint density at radius 2 is 0.786 bits per heavy atom. The van der Waals surface area contributed by atoms with Gasteiger partial charge in [-0.2, -0.15) is 0 Å². The van der Waals surface area contributed by atoms with Crippen LogP contribution in [0.25, 0.3) is 72.8 Å². The minimum atomic E-state index is 0.444. The predicted molar refractivity (Wildman–Crippen MR) is 231 cm³/mol. The van der Waals surface area contributed by atoms with Crippen LogP contribution >= 0.6 is 0 Å². The van der Waals surface area contributed by atoms with Gasteiger partial charge in [0.05, 0.1) is 5.71 Å². The first-order chi connectivity index (χ1) is 27.7. The van der Waals surface area contributed by atoms with Crippen molar-refractivity contribution in [2.45, 2.75) is 0 Å². The molecule has 9 rings (SSSR count). The second-order valence-electron chi connectivity index (χ2n) is 13.6. The maximum Gasteiger partial charge on any atom is 0.164 e. The van der Waals surface area contributed by atoms with Crippen molar-refractivity contribution in [3.05, 3.63) is 229 Å². The molecular formula is C52H36N4. The Morgan fingerprint density at radius 1 is 0.357 bits per heavy atom. The molecule has 4 heteroatoms. The van der Waals surface area contributed by atoms with Crippen LogP contribution in [0.4, 0.5) is 0 Å². The van der Waals surface area contributed by atoms with Gasteiger partial charge in [0.15, 0.2) is 17.5 Å². The van der Waals surface area contributed by atoms with Gasteiger partial charge in [0, 0.05) is 16.7 Å². The minimum Gasteiger partial charge on any atom is -0.300 e. The number of benzene rings is 8. The van der Waals surface area contributed by atoms with E-state index in [1.807, 2.05) is 66.7 Å². The molecule has 264 valence electrons. The van der Waals surface area contributed by atoms with E-state index < -0.39 is 0 Å². The number of fused-ring (bicyclic) bond motifs is 1. The Balaban J connectivity index is 1.22. The summed E-state index contributed by atoms with van der Waals surface area (Å²) in [6.07, 6.45) is 1.98. The summed E-state index contributed by atoms with van der Waals surface area (Å²) < 4.78 is 0. The maximum absolute atomic E-state index is 9.09. The van der Waals surface area contributed by atoms with E-state index in [0.717, 1.165) is 72.0 Å². The normalized spacial score (nSPS) is 11.4. The monoisotopic (exact) mass is 716 g/mol. The Kier molecular flexibility index (Phi) is 9.43. The molecule has 0 spiro atoms. The van der Waals surface area contributed by atoms with E-state index in [2.05, 4.69) is 146 Å². The SMILES string of the molecule is N=C(/C=C(/c1ccccc1)c1cccc2ccc(-c3nc(-c4cccc(-c5ccccc5)c4)nc(-c4cccc(-c5ccccc5)c4)n3)cc12)c1ccccc1. The molecule has 0 atom stereocenters. The van der Waals surface area contributed by atoms with Crippen molar-refractivity contribution in [1.82, 2.24) is 15.0 Å². The molecule has 0 aliphatic carbocycles. The Morgan fingerprint density at radius 3 is 1.32 bits per heavy atom. The van der Waals surface area contributed by atoms with E-state index in [1.54, 1.807) is 0 Å². The van der Waals surface area contributed by atoms with Crippen LogP contribution in [0.1, 0.15) is 16.7 Å². The van der Waals surface area contributed by atoms with Crippen LogP contribution < -0.4 is 0 Å². The van der Waals surface area contributed by atoms with Crippen LogP contribution in [0.15, 0.2) is 212 Å². The average Bonchev–Trinajstić information content (AvgIpc) is 3.29. The van der Waals surface area contributed by atoms with Crippen LogP contribution in [0.3, 0.4) is 0 Å². The van der Waals surface area contributed by atoms with Crippen molar-refractivity contribution in [3.63, 3.8) is 0 Å². The number of allylic oxidation sites excluding steroid dienone is 1. The highest BCUT2D eigenvalue weighted by Gasteiger charge is 2.17. The van der Waals surface area contributed by atoms with Crippen LogP contribution in [0.2, 0.25) is 0 Å². The van der Waals surface area contributed by atoms with E-state index in [4.69, 9.17) is 20.4 Å². The number of hydrogen-bond acceptors (Lipinski definition) is 4. The molecule has 1 heterocycles. The van der Waals surface area contributed by atoms with E-state index in [0.29, 0.717) is 23.2 Å². The summed E-state index contributed by atoms with van der Waals surface area (Å²) in [5.41, 5.74) is 11.5. The molecule has 0 fully saturated rings. The van der Waals surface area contributed by atoms with E-state index in [-0.39, 0.29) is 0 Å². The molecule has 0 saturated heterocycles. The highest BCUT2D eigenvalue weighted by molar-refractivity contribution is 6.13. The van der Waals surface area contributed by atoms with Gasteiger partial charge in [0.1, 0.15) is 0 Å². The molecule has 1 aromatic heterocycles. The van der Waals surface area contributed by atoms with Crippen LogP contribution in [-0.4, -0.2) is 20.7 Å². The first-order valence-corrected chi connectivity index (χ1v) is 18.7. The van der Waals surface area contributed by atoms with Gasteiger partial charge in [0.2, 0.25) is 0 Å². The minimum absolute atomic E-state index is 0.444. The summed E-state index contributed by atoms with van der Waals surface area (Å²) >= 11 is 0. The first-order valence-electron chi connectivity index (χ1n) is 18.7. The number of nitrogens with zero attached hydrogens (tertiary/aromatic N) is 3. The third-order valence-electron chi connectivity index (χ3n) is 9.98. The van der Waals surface area contributed by atoms with Crippen molar-refractivity contribution in [2.24, 2.45) is 0 Å². The molecule has 0 unspecified atom stereocenters. The number of aromatic nitrogens is 3. The molecule has 8 aromatic carbocycles. The second kappa shape index (κ2) is 15.4. The van der Waals surface area contributed by atoms with Crippen molar-refractivity contribution < 1.29 is 0 Å². The molecule has 0 bridgehead atoms. The third kappa shape index (κ3) is 7.20. The topological polar surface area (TPSA) is 62.5 Å². The molecule has 56 heavy (non-hydrogen) atoms. The summed E-state index contributed by atoms with van der Waals surface area (Å²) in [5, 5.41) is 11.2. The number of rotatable bonds is 9. The molecule has 0 radical (unpaired) electrons. The van der Waals surface area contributed by atoms with E-state index in [1.165, 1.54) is 0 Å². The van der Waals surface area contributed by atoms with Crippen LogP contribution in [-0.2, 0) is 0 Å². The third-order valence-corrected chi connectivity index (χ3v) is 9.98. The van der Waals surface area contributed by atoms with Gasteiger partial charge in [-0.1, -0.05) is 188 Å². The van der Waals surface area contributed by atoms with Crippen molar-refractivity contribution in [1.29, 1.82) is 5.41 Å². The fourth-order valence-electron chi connectivity index (χ4n) is 7.13. The Bertz CT molecular complexity index is 2750. The van der Waals surface area contributed by atoms with Crippen LogP contribution in [0, 0.1) is 5.41 Å². The Hall–Kier alpha value is -7.56. The average molecular weight is 717 g/mol. The highest BCUT2D eigenvalue weighted by Crippen LogP contribution is 2.35. The summed E-state index contributed by atoms with van der Waals surface area (Å²) in [6.45, 7) is 0. The number of nitrogens with one attached hydrogen (secondary N) is 1. The fourth-order valence-corrected chi connectivity index (χ4v) is 7.13. The highest BCUT2D eigenvalue weighted by atomic mass is 15.0. The molecule has 0 amide bonds. The maximum atomic E-state index is 9.09. The second-order valence-corrected chi connectivity index (χ2v) is 13.6. The zero-order valence-corrected chi connectivity index (χ0v) is 30.5. The zero-order chi connectivity index (χ0) is 37.7. The molecule has 0 aliphatic heterocycles. The first kappa shape index (κ1) is 34.2. The molecule has 0 aliphatic rings. The van der Waals surface area contributed by atoms with Gasteiger partial charge < -0.3 is 5.41 Å². The number of hydrogen-bond donors (Lipinski definition) is 1. The summed E-state index contributed by atoms with van der Waals surface area (Å²) in [7, 11) is 0. The van der Waals surface area contributed by atoms with E-state index >= 15 is 0 Å². The van der Waals surface area contributed by atoms with Gasteiger partial charge >= 0.3 is 0 Å². The lowest BCUT2D eigenvalue weighted by molar-refractivity contribution is 1.07. The lowest BCUT2D eigenvalue weighted by Crippen LogP contribution is -2.01. The fraction of sp³-hybridized carbons (Fsp3) is 0. The molecule has 4 nitrogen and oxygen atoms in total. The Labute approximate surface area is 326 Å². The van der Waals surface area contributed by atoms with Gasteiger partial charge in [-0.05, 0) is 79.6 Å². The quantitative estimate of drug-likeness (QED) is 0.151. The van der Waals surface area contributed by atoms with Crippen LogP contribution in [0.5, 0.6) is 0 Å². The van der Waals surface area contributed by atoms with E-state index in [9.17, 15) is 0 Å². The zero-order valence-electron chi connectivity index (χ0n) is 30.5. The van der Waals surface area contributed by atoms with Gasteiger partial charge in [0.25, 0.3) is 0 Å². The van der Waals surface area contributed by atoms with Crippen molar-refractivity contribution in [3.8, 4) is 56.4 Å². The molecule has 1 N–H and O–H groups in total. The predicted octanol–water partition coefficient (Wildman–Crippen LogP) is 12.9. The standard InChI is InChI=1S/C52H36N4/c53-49(40-22-11-4-12-23-40)35-48(38-20-9-3-10-21-38)46-29-15-24-39-30-31-45(34-47(39)46)52-55-50(43-27-13-25-41(32-43)36-16-5-1-6-17-36)54-51(56-52)44-28-14-26-42(33-44)37-18-7-2-8-19-37/h1-35,53H/b48-35-,53-49?. The van der Waals surface area contributed by atoms with Gasteiger partial charge in [-0.15, -0.1) is 0 Å². The van der Waals surface area contributed by atoms with Gasteiger partial charge in [-0.25, -0.2) is 15.0 Å². The van der Waals surface area contributed by atoms with Crippen molar-refractivity contribution >= 4 is 22.1 Å². The molecular weight excluding hydrogens is 681 g/mol.